The molecule has 1 N–H and O–H groups in total. The Hall–Kier alpha value is -2.96. The molecular formula is C20H15ClN4OS. The lowest BCUT2D eigenvalue weighted by atomic mass is 10.1. The fourth-order valence-corrected chi connectivity index (χ4v) is 2.97. The molecule has 0 aliphatic carbocycles. The van der Waals surface area contributed by atoms with Crippen LogP contribution in [0.5, 0.6) is 0 Å². The van der Waals surface area contributed by atoms with E-state index in [-0.39, 0.29) is 0 Å². The SMILES string of the molecule is S=c1[nH]nc(Cc2ccccc2)n1/N=C/c1ccc(-c2ccc(Cl)cc2)o1. The fraction of sp³-hybridized carbons (Fsp3) is 0.0500. The van der Waals surface area contributed by atoms with Gasteiger partial charge in [-0.3, -0.25) is 5.10 Å². The standard InChI is InChI=1S/C20H15ClN4OS/c21-16-8-6-15(7-9-16)18-11-10-17(26-18)13-22-25-19(23-24-20(25)27)12-14-4-2-1-3-5-14/h1-11,13H,12H2,(H,24,27)/b22-13+. The summed E-state index contributed by atoms with van der Waals surface area (Å²) in [5.74, 6) is 2.09. The second-order valence-corrected chi connectivity index (χ2v) is 6.70. The molecule has 0 fully saturated rings. The van der Waals surface area contributed by atoms with Crippen LogP contribution in [0.3, 0.4) is 0 Å². The van der Waals surface area contributed by atoms with Gasteiger partial charge in [0.2, 0.25) is 4.77 Å². The quantitative estimate of drug-likeness (QED) is 0.367. The van der Waals surface area contributed by atoms with Gasteiger partial charge in [-0.25, -0.2) is 0 Å². The summed E-state index contributed by atoms with van der Waals surface area (Å²) in [5, 5.41) is 12.2. The third kappa shape index (κ3) is 4.07. The van der Waals surface area contributed by atoms with Crippen molar-refractivity contribution in [1.82, 2.24) is 14.9 Å². The molecule has 5 nitrogen and oxygen atoms in total. The lowest BCUT2D eigenvalue weighted by Crippen LogP contribution is -2.00. The zero-order valence-corrected chi connectivity index (χ0v) is 15.7. The fourth-order valence-electron chi connectivity index (χ4n) is 2.64. The van der Waals surface area contributed by atoms with Gasteiger partial charge in [0.1, 0.15) is 11.5 Å². The van der Waals surface area contributed by atoms with Crippen LogP contribution < -0.4 is 0 Å². The monoisotopic (exact) mass is 394 g/mol. The van der Waals surface area contributed by atoms with Gasteiger partial charge in [0, 0.05) is 17.0 Å². The van der Waals surface area contributed by atoms with E-state index in [1.807, 2.05) is 66.7 Å². The molecule has 0 atom stereocenters. The van der Waals surface area contributed by atoms with E-state index < -0.39 is 0 Å². The van der Waals surface area contributed by atoms with Crippen molar-refractivity contribution in [3.8, 4) is 11.3 Å². The Kier molecular flexibility index (Phi) is 5.00. The van der Waals surface area contributed by atoms with Gasteiger partial charge in [-0.2, -0.15) is 14.9 Å². The summed E-state index contributed by atoms with van der Waals surface area (Å²) >= 11 is 11.2. The molecule has 0 unspecified atom stereocenters. The molecule has 0 spiro atoms. The van der Waals surface area contributed by atoms with E-state index in [9.17, 15) is 0 Å². The summed E-state index contributed by atoms with van der Waals surface area (Å²) in [5.41, 5.74) is 2.08. The van der Waals surface area contributed by atoms with Gasteiger partial charge in [0.25, 0.3) is 0 Å². The number of hydrogen-bond donors (Lipinski definition) is 1. The van der Waals surface area contributed by atoms with Crippen molar-refractivity contribution in [3.05, 3.63) is 93.7 Å². The largest absolute Gasteiger partial charge is 0.455 e. The third-order valence-corrected chi connectivity index (χ3v) is 4.49. The van der Waals surface area contributed by atoms with Crippen LogP contribution in [0.4, 0.5) is 0 Å². The first-order valence-corrected chi connectivity index (χ1v) is 9.08. The van der Waals surface area contributed by atoms with Crippen LogP contribution in [0.25, 0.3) is 11.3 Å². The zero-order chi connectivity index (χ0) is 18.6. The Balaban J connectivity index is 1.56. The number of aromatic nitrogens is 3. The molecular weight excluding hydrogens is 380 g/mol. The van der Waals surface area contributed by atoms with Crippen molar-refractivity contribution >= 4 is 30.0 Å². The molecule has 27 heavy (non-hydrogen) atoms. The molecule has 0 aliphatic rings. The summed E-state index contributed by atoms with van der Waals surface area (Å²) in [6.45, 7) is 0. The Morgan fingerprint density at radius 2 is 1.85 bits per heavy atom. The highest BCUT2D eigenvalue weighted by Crippen LogP contribution is 2.23. The molecule has 2 aromatic carbocycles. The molecule has 4 rings (SSSR count). The van der Waals surface area contributed by atoms with Crippen molar-refractivity contribution in [2.75, 3.05) is 0 Å². The molecule has 7 heteroatoms. The second kappa shape index (κ2) is 7.73. The van der Waals surface area contributed by atoms with E-state index >= 15 is 0 Å². The molecule has 0 radical (unpaired) electrons. The molecule has 0 aliphatic heterocycles. The Labute approximate surface area is 165 Å². The van der Waals surface area contributed by atoms with Crippen LogP contribution in [0.2, 0.25) is 5.02 Å². The smallest absolute Gasteiger partial charge is 0.216 e. The van der Waals surface area contributed by atoms with Crippen molar-refractivity contribution in [2.45, 2.75) is 6.42 Å². The molecule has 4 aromatic rings. The first kappa shape index (κ1) is 17.5. The van der Waals surface area contributed by atoms with Crippen molar-refractivity contribution in [2.24, 2.45) is 5.10 Å². The maximum absolute atomic E-state index is 5.93. The molecule has 2 aromatic heterocycles. The summed E-state index contributed by atoms with van der Waals surface area (Å²) in [4.78, 5) is 0. The number of aromatic amines is 1. The molecule has 0 bridgehead atoms. The van der Waals surface area contributed by atoms with Gasteiger partial charge in [0.05, 0.1) is 6.21 Å². The van der Waals surface area contributed by atoms with Crippen molar-refractivity contribution in [1.29, 1.82) is 0 Å². The minimum absolute atomic E-state index is 0.432. The van der Waals surface area contributed by atoms with Crippen LogP contribution >= 0.6 is 23.8 Å². The van der Waals surface area contributed by atoms with E-state index in [0.29, 0.717) is 22.0 Å². The number of nitrogens with zero attached hydrogens (tertiary/aromatic N) is 3. The van der Waals surface area contributed by atoms with E-state index in [2.05, 4.69) is 15.3 Å². The van der Waals surface area contributed by atoms with Crippen LogP contribution in [0.1, 0.15) is 17.1 Å². The highest BCUT2D eigenvalue weighted by molar-refractivity contribution is 7.71. The average molecular weight is 395 g/mol. The topological polar surface area (TPSA) is 59.1 Å². The predicted octanol–water partition coefficient (Wildman–Crippen LogP) is 5.33. The minimum atomic E-state index is 0.432. The van der Waals surface area contributed by atoms with Gasteiger partial charge < -0.3 is 4.42 Å². The number of nitrogens with one attached hydrogen (secondary N) is 1. The maximum atomic E-state index is 5.93. The van der Waals surface area contributed by atoms with Gasteiger partial charge in [-0.15, -0.1) is 0 Å². The normalized spacial score (nSPS) is 11.3. The molecule has 0 amide bonds. The van der Waals surface area contributed by atoms with Gasteiger partial charge >= 0.3 is 0 Å². The average Bonchev–Trinajstić information content (AvgIpc) is 3.29. The van der Waals surface area contributed by atoms with Crippen LogP contribution in [-0.4, -0.2) is 21.1 Å². The first-order valence-electron chi connectivity index (χ1n) is 8.29. The van der Waals surface area contributed by atoms with E-state index in [1.165, 1.54) is 0 Å². The summed E-state index contributed by atoms with van der Waals surface area (Å²) < 4.78 is 7.87. The van der Waals surface area contributed by atoms with Crippen LogP contribution in [0.15, 0.2) is 76.2 Å². The van der Waals surface area contributed by atoms with E-state index in [1.54, 1.807) is 10.9 Å². The third-order valence-electron chi connectivity index (χ3n) is 3.98. The predicted molar refractivity (Wildman–Crippen MR) is 109 cm³/mol. The lowest BCUT2D eigenvalue weighted by Gasteiger charge is -2.00. The maximum Gasteiger partial charge on any atom is 0.216 e. The number of rotatable bonds is 5. The number of hydrogen-bond acceptors (Lipinski definition) is 4. The minimum Gasteiger partial charge on any atom is -0.455 e. The van der Waals surface area contributed by atoms with Gasteiger partial charge in [-0.1, -0.05) is 41.9 Å². The van der Waals surface area contributed by atoms with Crippen molar-refractivity contribution in [3.63, 3.8) is 0 Å². The molecule has 0 saturated carbocycles. The van der Waals surface area contributed by atoms with Gasteiger partial charge in [-0.05, 0) is 54.2 Å². The Bertz CT molecular complexity index is 1130. The van der Waals surface area contributed by atoms with Crippen LogP contribution in [0, 0.1) is 4.77 Å². The van der Waals surface area contributed by atoms with Gasteiger partial charge in [0.15, 0.2) is 5.82 Å². The number of halogens is 1. The highest BCUT2D eigenvalue weighted by Gasteiger charge is 2.07. The second-order valence-electron chi connectivity index (χ2n) is 5.87. The zero-order valence-electron chi connectivity index (χ0n) is 14.2. The molecule has 0 saturated heterocycles. The number of H-pyrrole nitrogens is 1. The number of furan rings is 1. The summed E-state index contributed by atoms with van der Waals surface area (Å²) in [6, 6.07) is 21.3. The van der Waals surface area contributed by atoms with E-state index in [0.717, 1.165) is 22.7 Å². The Morgan fingerprint density at radius 1 is 1.07 bits per heavy atom. The molecule has 134 valence electrons. The van der Waals surface area contributed by atoms with Crippen LogP contribution in [-0.2, 0) is 6.42 Å². The highest BCUT2D eigenvalue weighted by atomic mass is 35.5. The Morgan fingerprint density at radius 3 is 2.63 bits per heavy atom. The van der Waals surface area contributed by atoms with E-state index in [4.69, 9.17) is 28.2 Å². The lowest BCUT2D eigenvalue weighted by molar-refractivity contribution is 0.574. The summed E-state index contributed by atoms with van der Waals surface area (Å²) in [6.07, 6.45) is 2.25. The van der Waals surface area contributed by atoms with Crippen molar-refractivity contribution < 1.29 is 4.42 Å². The number of benzene rings is 2. The first-order chi connectivity index (χ1) is 13.2. The summed E-state index contributed by atoms with van der Waals surface area (Å²) in [7, 11) is 0. The molecule has 2 heterocycles.